The highest BCUT2D eigenvalue weighted by Gasteiger charge is 2.11. The zero-order valence-corrected chi connectivity index (χ0v) is 11.7. The standard InChI is InChI=1S/C17H25N/c1-3-11-18-13-15-5-4-6-17(12-15)16-9-7-14(2)8-10-16/h4-6,9,12,14,18H,3,7-8,10-11,13H2,1-2H3. The normalized spacial score (nSPS) is 19.7. The molecule has 0 saturated carbocycles. The van der Waals surface area contributed by atoms with Crippen LogP contribution in [0.15, 0.2) is 30.3 Å². The fourth-order valence-corrected chi connectivity index (χ4v) is 2.52. The zero-order chi connectivity index (χ0) is 12.8. The first-order chi connectivity index (χ1) is 8.79. The highest BCUT2D eigenvalue weighted by molar-refractivity contribution is 5.66. The summed E-state index contributed by atoms with van der Waals surface area (Å²) in [6.07, 6.45) is 7.46. The highest BCUT2D eigenvalue weighted by Crippen LogP contribution is 2.30. The maximum atomic E-state index is 3.47. The van der Waals surface area contributed by atoms with Crippen LogP contribution < -0.4 is 5.32 Å². The van der Waals surface area contributed by atoms with Crippen molar-refractivity contribution < 1.29 is 0 Å². The molecule has 1 unspecified atom stereocenters. The van der Waals surface area contributed by atoms with Gasteiger partial charge in [-0.3, -0.25) is 0 Å². The summed E-state index contributed by atoms with van der Waals surface area (Å²) in [6, 6.07) is 9.02. The van der Waals surface area contributed by atoms with Crippen LogP contribution in [0, 0.1) is 5.92 Å². The molecule has 0 radical (unpaired) electrons. The summed E-state index contributed by atoms with van der Waals surface area (Å²) in [5, 5.41) is 3.47. The van der Waals surface area contributed by atoms with Crippen molar-refractivity contribution in [1.29, 1.82) is 0 Å². The molecule has 0 bridgehead atoms. The summed E-state index contributed by atoms with van der Waals surface area (Å²) in [6.45, 7) is 6.64. The predicted octanol–water partition coefficient (Wildman–Crippen LogP) is 4.39. The van der Waals surface area contributed by atoms with E-state index >= 15 is 0 Å². The second-order valence-electron chi connectivity index (χ2n) is 5.49. The molecular weight excluding hydrogens is 218 g/mol. The lowest BCUT2D eigenvalue weighted by Crippen LogP contribution is -2.13. The third-order valence-corrected chi connectivity index (χ3v) is 3.73. The van der Waals surface area contributed by atoms with Crippen molar-refractivity contribution in [3.8, 4) is 0 Å². The Kier molecular flexibility index (Phi) is 5.00. The van der Waals surface area contributed by atoms with E-state index < -0.39 is 0 Å². The molecule has 1 aliphatic carbocycles. The summed E-state index contributed by atoms with van der Waals surface area (Å²) in [5.41, 5.74) is 4.38. The highest BCUT2D eigenvalue weighted by atomic mass is 14.8. The lowest BCUT2D eigenvalue weighted by Gasteiger charge is -2.19. The number of allylic oxidation sites excluding steroid dienone is 2. The molecular formula is C17H25N. The van der Waals surface area contributed by atoms with Gasteiger partial charge in [0, 0.05) is 6.54 Å². The Bertz CT molecular complexity index is 406. The molecule has 0 heterocycles. The molecule has 1 heteroatoms. The van der Waals surface area contributed by atoms with Crippen molar-refractivity contribution in [3.63, 3.8) is 0 Å². The Balaban J connectivity index is 2.02. The summed E-state index contributed by atoms with van der Waals surface area (Å²) in [7, 11) is 0. The van der Waals surface area contributed by atoms with Gasteiger partial charge >= 0.3 is 0 Å². The summed E-state index contributed by atoms with van der Waals surface area (Å²) >= 11 is 0. The van der Waals surface area contributed by atoms with Crippen LogP contribution in [-0.4, -0.2) is 6.54 Å². The zero-order valence-electron chi connectivity index (χ0n) is 11.7. The van der Waals surface area contributed by atoms with Crippen LogP contribution in [0.1, 0.15) is 50.7 Å². The SMILES string of the molecule is CCCNCc1cccc(C2=CCC(C)CC2)c1. The molecule has 0 aliphatic heterocycles. The van der Waals surface area contributed by atoms with Gasteiger partial charge < -0.3 is 5.32 Å². The second-order valence-corrected chi connectivity index (χ2v) is 5.49. The number of nitrogens with one attached hydrogen (secondary N) is 1. The summed E-state index contributed by atoms with van der Waals surface area (Å²) in [4.78, 5) is 0. The van der Waals surface area contributed by atoms with Crippen LogP contribution in [0.5, 0.6) is 0 Å². The van der Waals surface area contributed by atoms with Crippen LogP contribution in [0.2, 0.25) is 0 Å². The molecule has 1 nitrogen and oxygen atoms in total. The van der Waals surface area contributed by atoms with E-state index in [1.807, 2.05) is 0 Å². The van der Waals surface area contributed by atoms with Crippen molar-refractivity contribution in [3.05, 3.63) is 41.5 Å². The van der Waals surface area contributed by atoms with Crippen LogP contribution >= 0.6 is 0 Å². The molecule has 0 fully saturated rings. The van der Waals surface area contributed by atoms with E-state index in [0.29, 0.717) is 0 Å². The van der Waals surface area contributed by atoms with E-state index in [4.69, 9.17) is 0 Å². The van der Waals surface area contributed by atoms with Gasteiger partial charge in [-0.05, 0) is 54.8 Å². The van der Waals surface area contributed by atoms with Gasteiger partial charge in [0.1, 0.15) is 0 Å². The Morgan fingerprint density at radius 1 is 1.33 bits per heavy atom. The van der Waals surface area contributed by atoms with Gasteiger partial charge in [-0.2, -0.15) is 0 Å². The Labute approximate surface area is 111 Å². The van der Waals surface area contributed by atoms with Gasteiger partial charge in [0.05, 0.1) is 0 Å². The largest absolute Gasteiger partial charge is 0.313 e. The van der Waals surface area contributed by atoms with Gasteiger partial charge in [-0.15, -0.1) is 0 Å². The van der Waals surface area contributed by atoms with Gasteiger partial charge in [0.2, 0.25) is 0 Å². The topological polar surface area (TPSA) is 12.0 Å². The van der Waals surface area contributed by atoms with Gasteiger partial charge in [-0.25, -0.2) is 0 Å². The van der Waals surface area contributed by atoms with Gasteiger partial charge in [0.15, 0.2) is 0 Å². The minimum Gasteiger partial charge on any atom is -0.313 e. The first kappa shape index (κ1) is 13.4. The smallest absolute Gasteiger partial charge is 0.0205 e. The van der Waals surface area contributed by atoms with E-state index in [0.717, 1.165) is 19.0 Å². The van der Waals surface area contributed by atoms with Crippen molar-refractivity contribution >= 4 is 5.57 Å². The van der Waals surface area contributed by atoms with E-state index in [1.165, 1.54) is 36.8 Å². The fourth-order valence-electron chi connectivity index (χ4n) is 2.52. The molecule has 0 saturated heterocycles. The summed E-state index contributed by atoms with van der Waals surface area (Å²) < 4.78 is 0. The predicted molar refractivity (Wildman–Crippen MR) is 79.4 cm³/mol. The molecule has 2 rings (SSSR count). The average molecular weight is 243 g/mol. The maximum Gasteiger partial charge on any atom is 0.0205 e. The molecule has 1 aromatic carbocycles. The van der Waals surface area contributed by atoms with Crippen molar-refractivity contribution in [2.45, 2.75) is 46.1 Å². The molecule has 0 aromatic heterocycles. The average Bonchev–Trinajstić information content (AvgIpc) is 2.40. The van der Waals surface area contributed by atoms with Crippen LogP contribution in [0.3, 0.4) is 0 Å². The lowest BCUT2D eigenvalue weighted by atomic mass is 9.87. The number of hydrogen-bond donors (Lipinski definition) is 1. The summed E-state index contributed by atoms with van der Waals surface area (Å²) in [5.74, 6) is 0.864. The quantitative estimate of drug-likeness (QED) is 0.756. The van der Waals surface area contributed by atoms with E-state index in [2.05, 4.69) is 49.5 Å². The Morgan fingerprint density at radius 2 is 2.22 bits per heavy atom. The minimum atomic E-state index is 0.864. The monoisotopic (exact) mass is 243 g/mol. The number of hydrogen-bond acceptors (Lipinski definition) is 1. The third kappa shape index (κ3) is 3.71. The van der Waals surface area contributed by atoms with Crippen LogP contribution in [0.25, 0.3) is 5.57 Å². The Morgan fingerprint density at radius 3 is 2.94 bits per heavy atom. The number of rotatable bonds is 5. The number of benzene rings is 1. The molecule has 1 aromatic rings. The molecule has 1 aliphatic rings. The van der Waals surface area contributed by atoms with Gasteiger partial charge in [0.25, 0.3) is 0 Å². The van der Waals surface area contributed by atoms with Crippen molar-refractivity contribution in [2.75, 3.05) is 6.54 Å². The van der Waals surface area contributed by atoms with Crippen LogP contribution in [0.4, 0.5) is 0 Å². The van der Waals surface area contributed by atoms with Gasteiger partial charge in [-0.1, -0.05) is 44.2 Å². The molecule has 18 heavy (non-hydrogen) atoms. The van der Waals surface area contributed by atoms with E-state index in [1.54, 1.807) is 5.57 Å². The lowest BCUT2D eigenvalue weighted by molar-refractivity contribution is 0.534. The van der Waals surface area contributed by atoms with E-state index in [-0.39, 0.29) is 0 Å². The first-order valence-corrected chi connectivity index (χ1v) is 7.28. The first-order valence-electron chi connectivity index (χ1n) is 7.28. The molecule has 0 amide bonds. The second kappa shape index (κ2) is 6.75. The Hall–Kier alpha value is -1.08. The molecule has 1 atom stereocenters. The maximum absolute atomic E-state index is 3.47. The molecule has 1 N–H and O–H groups in total. The van der Waals surface area contributed by atoms with Crippen molar-refractivity contribution in [1.82, 2.24) is 5.32 Å². The van der Waals surface area contributed by atoms with Crippen LogP contribution in [-0.2, 0) is 6.54 Å². The third-order valence-electron chi connectivity index (χ3n) is 3.73. The minimum absolute atomic E-state index is 0.864. The van der Waals surface area contributed by atoms with Crippen molar-refractivity contribution in [2.24, 2.45) is 5.92 Å². The molecule has 0 spiro atoms. The molecule has 98 valence electrons. The van der Waals surface area contributed by atoms with E-state index in [9.17, 15) is 0 Å². The fraction of sp³-hybridized carbons (Fsp3) is 0.529.